The van der Waals surface area contributed by atoms with Crippen molar-refractivity contribution in [3.8, 4) is 17.2 Å². The molecule has 2 N–H and O–H groups in total. The van der Waals surface area contributed by atoms with E-state index in [1.54, 1.807) is 24.3 Å². The minimum absolute atomic E-state index is 0.153. The zero-order valence-corrected chi connectivity index (χ0v) is 12.4. The Hall–Kier alpha value is -3.39. The van der Waals surface area contributed by atoms with E-state index in [0.29, 0.717) is 16.8 Å². The molecule has 5 nitrogen and oxygen atoms in total. The molecule has 5 heteroatoms. The van der Waals surface area contributed by atoms with Crippen LogP contribution in [0.1, 0.15) is 16.1 Å². The number of carbonyl (C=O) groups excluding carboxylic acids is 1. The minimum Gasteiger partial charge on any atom is -0.464 e. The molecule has 3 aromatic rings. The molecule has 1 heterocycles. The second kappa shape index (κ2) is 5.78. The van der Waals surface area contributed by atoms with E-state index in [-0.39, 0.29) is 5.69 Å². The second-order valence-corrected chi connectivity index (χ2v) is 4.95. The Kier molecular flexibility index (Phi) is 3.65. The first-order chi connectivity index (χ1) is 11.2. The molecule has 0 aliphatic rings. The molecule has 0 bridgehead atoms. The summed E-state index contributed by atoms with van der Waals surface area (Å²) in [6.07, 6.45) is 0. The molecule has 0 fully saturated rings. The lowest BCUT2D eigenvalue weighted by atomic mass is 9.96. The van der Waals surface area contributed by atoms with E-state index in [1.807, 2.05) is 24.3 Å². The van der Waals surface area contributed by atoms with Gasteiger partial charge in [-0.05, 0) is 23.8 Å². The normalized spacial score (nSPS) is 10.3. The lowest BCUT2D eigenvalue weighted by Gasteiger charge is -2.11. The average molecular weight is 303 g/mol. The molecular weight excluding hydrogens is 290 g/mol. The van der Waals surface area contributed by atoms with Crippen molar-refractivity contribution in [3.63, 3.8) is 0 Å². The molecular formula is C18H13N3O2. The van der Waals surface area contributed by atoms with Crippen molar-refractivity contribution in [1.82, 2.24) is 4.98 Å². The van der Waals surface area contributed by atoms with E-state index in [9.17, 15) is 10.1 Å². The largest absolute Gasteiger partial charge is 0.464 e. The number of hydrogen-bond acceptors (Lipinski definition) is 5. The van der Waals surface area contributed by atoms with Gasteiger partial charge in [-0.3, -0.25) is 0 Å². The van der Waals surface area contributed by atoms with Gasteiger partial charge in [-0.2, -0.15) is 5.26 Å². The van der Waals surface area contributed by atoms with Crippen molar-refractivity contribution in [1.29, 1.82) is 5.26 Å². The van der Waals surface area contributed by atoms with Gasteiger partial charge in [0.15, 0.2) is 0 Å². The number of nitrogens with zero attached hydrogens (tertiary/aromatic N) is 2. The number of carbonyl (C=O) groups is 1. The van der Waals surface area contributed by atoms with Crippen LogP contribution in [0.3, 0.4) is 0 Å². The fourth-order valence-corrected chi connectivity index (χ4v) is 2.52. The molecule has 0 spiro atoms. The molecule has 0 aliphatic heterocycles. The van der Waals surface area contributed by atoms with Gasteiger partial charge in [-0.1, -0.05) is 30.3 Å². The van der Waals surface area contributed by atoms with Crippen LogP contribution in [0.4, 0.5) is 5.69 Å². The van der Waals surface area contributed by atoms with Crippen LogP contribution in [0.2, 0.25) is 0 Å². The van der Waals surface area contributed by atoms with Crippen LogP contribution >= 0.6 is 0 Å². The van der Waals surface area contributed by atoms with Gasteiger partial charge in [0.1, 0.15) is 5.69 Å². The van der Waals surface area contributed by atoms with Crippen molar-refractivity contribution in [2.45, 2.75) is 0 Å². The topological polar surface area (TPSA) is 89.0 Å². The SMILES string of the molecule is COC(=O)c1cc(-c2ccccc2C#N)c2cccc(N)c2n1. The monoisotopic (exact) mass is 303 g/mol. The summed E-state index contributed by atoms with van der Waals surface area (Å²) in [6, 6.07) is 16.4. The first-order valence-corrected chi connectivity index (χ1v) is 6.92. The third-order valence-electron chi connectivity index (χ3n) is 3.60. The Morgan fingerprint density at radius 1 is 1.17 bits per heavy atom. The van der Waals surface area contributed by atoms with Crippen LogP contribution in [0.15, 0.2) is 48.5 Å². The number of fused-ring (bicyclic) bond motifs is 1. The summed E-state index contributed by atoms with van der Waals surface area (Å²) in [5.41, 5.74) is 9.09. The van der Waals surface area contributed by atoms with Gasteiger partial charge in [0.25, 0.3) is 0 Å². The summed E-state index contributed by atoms with van der Waals surface area (Å²) in [5.74, 6) is -0.550. The highest BCUT2D eigenvalue weighted by Crippen LogP contribution is 2.33. The molecule has 23 heavy (non-hydrogen) atoms. The molecule has 0 saturated heterocycles. The van der Waals surface area contributed by atoms with Crippen LogP contribution < -0.4 is 5.73 Å². The number of pyridine rings is 1. The zero-order chi connectivity index (χ0) is 16.4. The molecule has 3 rings (SSSR count). The number of methoxy groups -OCH3 is 1. The number of para-hydroxylation sites is 1. The van der Waals surface area contributed by atoms with E-state index in [1.165, 1.54) is 7.11 Å². The standard InChI is InChI=1S/C18H13N3O2/c1-23-18(22)16-9-14(12-6-3-2-5-11(12)10-19)13-7-4-8-15(20)17(13)21-16/h2-9H,20H2,1H3. The molecule has 0 amide bonds. The van der Waals surface area contributed by atoms with Crippen molar-refractivity contribution in [2.24, 2.45) is 0 Å². The molecule has 0 radical (unpaired) electrons. The van der Waals surface area contributed by atoms with Gasteiger partial charge < -0.3 is 10.5 Å². The van der Waals surface area contributed by atoms with Crippen LogP contribution in [0.5, 0.6) is 0 Å². The number of anilines is 1. The van der Waals surface area contributed by atoms with Gasteiger partial charge in [-0.15, -0.1) is 0 Å². The summed E-state index contributed by atoms with van der Waals surface area (Å²) in [7, 11) is 1.30. The van der Waals surface area contributed by atoms with Crippen LogP contribution in [-0.4, -0.2) is 18.1 Å². The van der Waals surface area contributed by atoms with Crippen molar-refractivity contribution < 1.29 is 9.53 Å². The van der Waals surface area contributed by atoms with Crippen molar-refractivity contribution in [2.75, 3.05) is 12.8 Å². The molecule has 0 atom stereocenters. The molecule has 112 valence electrons. The highest BCUT2D eigenvalue weighted by molar-refractivity contribution is 6.04. The highest BCUT2D eigenvalue weighted by atomic mass is 16.5. The predicted octanol–water partition coefficient (Wildman–Crippen LogP) is 3.14. The quantitative estimate of drug-likeness (QED) is 0.580. The van der Waals surface area contributed by atoms with E-state index >= 15 is 0 Å². The first kappa shape index (κ1) is 14.5. The number of nitrogens with two attached hydrogens (primary N) is 1. The Morgan fingerprint density at radius 3 is 2.70 bits per heavy atom. The van der Waals surface area contributed by atoms with E-state index in [4.69, 9.17) is 10.5 Å². The number of esters is 1. The molecule has 2 aromatic carbocycles. The fourth-order valence-electron chi connectivity index (χ4n) is 2.52. The third kappa shape index (κ3) is 2.47. The maximum atomic E-state index is 11.9. The number of benzene rings is 2. The van der Waals surface area contributed by atoms with Gasteiger partial charge in [0, 0.05) is 10.9 Å². The predicted molar refractivity (Wildman–Crippen MR) is 87.6 cm³/mol. The van der Waals surface area contributed by atoms with Gasteiger partial charge in [-0.25, -0.2) is 9.78 Å². The summed E-state index contributed by atoms with van der Waals surface area (Å²) < 4.78 is 4.77. The number of aromatic nitrogens is 1. The van der Waals surface area contributed by atoms with E-state index in [0.717, 1.165) is 16.5 Å². The third-order valence-corrected chi connectivity index (χ3v) is 3.60. The van der Waals surface area contributed by atoms with Crippen molar-refractivity contribution in [3.05, 3.63) is 59.8 Å². The zero-order valence-electron chi connectivity index (χ0n) is 12.4. The summed E-state index contributed by atoms with van der Waals surface area (Å²) in [6.45, 7) is 0. The lowest BCUT2D eigenvalue weighted by Crippen LogP contribution is -2.06. The molecule has 0 unspecified atom stereocenters. The lowest BCUT2D eigenvalue weighted by molar-refractivity contribution is 0.0594. The molecule has 1 aromatic heterocycles. The summed E-state index contributed by atoms with van der Waals surface area (Å²) in [4.78, 5) is 16.2. The molecule has 0 saturated carbocycles. The fraction of sp³-hybridized carbons (Fsp3) is 0.0556. The average Bonchev–Trinajstić information content (AvgIpc) is 2.60. The van der Waals surface area contributed by atoms with Gasteiger partial charge >= 0.3 is 5.97 Å². The Labute approximate surface area is 132 Å². The van der Waals surface area contributed by atoms with Crippen LogP contribution in [-0.2, 0) is 4.74 Å². The van der Waals surface area contributed by atoms with Gasteiger partial charge in [0.05, 0.1) is 29.9 Å². The van der Waals surface area contributed by atoms with Crippen LogP contribution in [0, 0.1) is 11.3 Å². The summed E-state index contributed by atoms with van der Waals surface area (Å²) >= 11 is 0. The summed E-state index contributed by atoms with van der Waals surface area (Å²) in [5, 5.41) is 10.1. The van der Waals surface area contributed by atoms with E-state index in [2.05, 4.69) is 11.1 Å². The maximum Gasteiger partial charge on any atom is 0.356 e. The van der Waals surface area contributed by atoms with Crippen molar-refractivity contribution >= 4 is 22.6 Å². The molecule has 0 aliphatic carbocycles. The Bertz CT molecular complexity index is 958. The Balaban J connectivity index is 2.42. The number of ether oxygens (including phenoxy) is 1. The minimum atomic E-state index is -0.550. The smallest absolute Gasteiger partial charge is 0.356 e. The van der Waals surface area contributed by atoms with Gasteiger partial charge in [0.2, 0.25) is 0 Å². The first-order valence-electron chi connectivity index (χ1n) is 6.92. The number of nitrogen functional groups attached to an aromatic ring is 1. The number of nitriles is 1. The maximum absolute atomic E-state index is 11.9. The Morgan fingerprint density at radius 2 is 1.96 bits per heavy atom. The number of hydrogen-bond donors (Lipinski definition) is 1. The second-order valence-electron chi connectivity index (χ2n) is 4.95. The highest BCUT2D eigenvalue weighted by Gasteiger charge is 2.16. The number of rotatable bonds is 2. The van der Waals surface area contributed by atoms with Crippen LogP contribution in [0.25, 0.3) is 22.0 Å². The van der Waals surface area contributed by atoms with E-state index < -0.39 is 5.97 Å².